The van der Waals surface area contributed by atoms with Crippen molar-refractivity contribution in [3.63, 3.8) is 0 Å². The lowest BCUT2D eigenvalue weighted by Crippen LogP contribution is -2.41. The van der Waals surface area contributed by atoms with Crippen LogP contribution >= 0.6 is 24.4 Å². The lowest BCUT2D eigenvalue weighted by molar-refractivity contribution is -0.141. The number of carbonyl (C=O) groups excluding carboxylic acids is 1. The highest BCUT2D eigenvalue weighted by Gasteiger charge is 2.19. The predicted octanol–water partition coefficient (Wildman–Crippen LogP) is 2.21. The number of thioether (sulfide) groups is 1. The van der Waals surface area contributed by atoms with E-state index in [0.717, 1.165) is 12.2 Å². The molecule has 6 heteroatoms. The molecule has 2 N–H and O–H groups in total. The fourth-order valence-electron chi connectivity index (χ4n) is 1.51. The molecule has 0 rings (SSSR count). The molecule has 0 aromatic rings. The van der Waals surface area contributed by atoms with Crippen LogP contribution in [0.5, 0.6) is 0 Å². The second kappa shape index (κ2) is 11.2. The summed E-state index contributed by atoms with van der Waals surface area (Å²) in [4.78, 5) is 22.7. The Kier molecular flexibility index (Phi) is 10.9. The van der Waals surface area contributed by atoms with Crippen molar-refractivity contribution >= 4 is 36.3 Å². The topological polar surface area (TPSA) is 66.4 Å². The fourth-order valence-corrected chi connectivity index (χ4v) is 2.13. The summed E-state index contributed by atoms with van der Waals surface area (Å²) < 4.78 is 0. The monoisotopic (exact) mass is 305 g/mol. The van der Waals surface area contributed by atoms with Gasteiger partial charge in [0.15, 0.2) is 0 Å². The highest BCUT2D eigenvalue weighted by Crippen LogP contribution is 2.06. The Morgan fingerprint density at radius 2 is 2.16 bits per heavy atom. The summed E-state index contributed by atoms with van der Waals surface area (Å²) in [6.07, 6.45) is 7.51. The Hall–Kier alpha value is -0.620. The third-order valence-corrected chi connectivity index (χ3v) is 3.41. The molecule has 0 aliphatic heterocycles. The van der Waals surface area contributed by atoms with Gasteiger partial charge in [-0.2, -0.15) is 24.4 Å². The molecule has 0 saturated carbocycles. The second-order valence-corrected chi connectivity index (χ2v) is 5.79. The largest absolute Gasteiger partial charge is 0.480 e. The van der Waals surface area contributed by atoms with Crippen molar-refractivity contribution in [1.82, 2.24) is 5.32 Å². The summed E-state index contributed by atoms with van der Waals surface area (Å²) in [5.41, 5.74) is 0. The van der Waals surface area contributed by atoms with Crippen LogP contribution < -0.4 is 5.32 Å². The van der Waals surface area contributed by atoms with E-state index in [1.165, 1.54) is 0 Å². The van der Waals surface area contributed by atoms with Gasteiger partial charge in [0.25, 0.3) is 0 Å². The Balaban J connectivity index is 4.14. The average molecular weight is 305 g/mol. The zero-order chi connectivity index (χ0) is 14.7. The third kappa shape index (κ3) is 9.90. The SMILES string of the molecule is CSCC[C@H](NC(=O)CC(C)/C=C/CCS)C(=O)O. The molecule has 110 valence electrons. The molecule has 0 bridgehead atoms. The van der Waals surface area contributed by atoms with Crippen molar-refractivity contribution in [2.24, 2.45) is 5.92 Å². The minimum atomic E-state index is -0.972. The van der Waals surface area contributed by atoms with Crippen LogP contribution in [0.15, 0.2) is 12.2 Å². The number of carboxylic acid groups (broad SMARTS) is 1. The molecule has 0 aliphatic carbocycles. The second-order valence-electron chi connectivity index (χ2n) is 4.36. The highest BCUT2D eigenvalue weighted by atomic mass is 32.2. The first kappa shape index (κ1) is 18.4. The van der Waals surface area contributed by atoms with E-state index in [-0.39, 0.29) is 11.8 Å². The molecule has 0 aliphatic rings. The minimum Gasteiger partial charge on any atom is -0.480 e. The average Bonchev–Trinajstić information content (AvgIpc) is 2.34. The fraction of sp³-hybridized carbons (Fsp3) is 0.692. The van der Waals surface area contributed by atoms with Gasteiger partial charge in [0.1, 0.15) is 6.04 Å². The van der Waals surface area contributed by atoms with Crippen LogP contribution in [0.2, 0.25) is 0 Å². The molecular formula is C13H23NO3S2. The smallest absolute Gasteiger partial charge is 0.326 e. The Morgan fingerprint density at radius 3 is 2.68 bits per heavy atom. The molecule has 2 atom stereocenters. The first-order chi connectivity index (χ1) is 9.01. The number of carbonyl (C=O) groups is 2. The van der Waals surface area contributed by atoms with Crippen LogP contribution in [0.1, 0.15) is 26.2 Å². The standard InChI is InChI=1S/C13H23NO3S2/c1-10(5-3-4-7-18)9-12(15)14-11(13(16)17)6-8-19-2/h3,5,10-11,18H,4,6-9H2,1-2H3,(H,14,15)(H,16,17)/b5-3+/t10?,11-/m0/s1. The van der Waals surface area contributed by atoms with Crippen LogP contribution in [0, 0.1) is 5.92 Å². The molecule has 19 heavy (non-hydrogen) atoms. The van der Waals surface area contributed by atoms with E-state index in [1.54, 1.807) is 11.8 Å². The summed E-state index contributed by atoms with van der Waals surface area (Å²) in [6, 6.07) is -0.784. The maximum absolute atomic E-state index is 11.7. The molecule has 0 saturated heterocycles. The van der Waals surface area contributed by atoms with Crippen LogP contribution in [0.4, 0.5) is 0 Å². The molecule has 1 amide bonds. The number of carboxylic acids is 1. The van der Waals surface area contributed by atoms with Crippen molar-refractivity contribution in [3.8, 4) is 0 Å². The van der Waals surface area contributed by atoms with E-state index < -0.39 is 12.0 Å². The summed E-state index contributed by atoms with van der Waals surface area (Å²) in [5, 5.41) is 11.6. The van der Waals surface area contributed by atoms with Gasteiger partial charge in [-0.25, -0.2) is 4.79 Å². The predicted molar refractivity (Wildman–Crippen MR) is 84.0 cm³/mol. The summed E-state index contributed by atoms with van der Waals surface area (Å²) in [5.74, 6) is 0.423. The van der Waals surface area contributed by atoms with Crippen molar-refractivity contribution in [1.29, 1.82) is 0 Å². The third-order valence-electron chi connectivity index (χ3n) is 2.51. The number of allylic oxidation sites excluding steroid dienone is 2. The molecule has 1 unspecified atom stereocenters. The first-order valence-corrected chi connectivity index (χ1v) is 8.32. The molecule has 0 aromatic carbocycles. The zero-order valence-corrected chi connectivity index (χ0v) is 13.2. The van der Waals surface area contributed by atoms with Crippen molar-refractivity contribution in [2.75, 3.05) is 17.8 Å². The molecule has 0 heterocycles. The Labute approximate surface area is 124 Å². The number of amides is 1. The Bertz CT molecular complexity index is 308. The quantitative estimate of drug-likeness (QED) is 0.428. The van der Waals surface area contributed by atoms with Gasteiger partial charge in [-0.05, 0) is 36.5 Å². The molecule has 0 radical (unpaired) electrons. The van der Waals surface area contributed by atoms with E-state index in [0.29, 0.717) is 18.6 Å². The summed E-state index contributed by atoms with van der Waals surface area (Å²) in [6.45, 7) is 1.94. The highest BCUT2D eigenvalue weighted by molar-refractivity contribution is 7.98. The first-order valence-electron chi connectivity index (χ1n) is 6.29. The zero-order valence-electron chi connectivity index (χ0n) is 11.5. The maximum Gasteiger partial charge on any atom is 0.326 e. The lowest BCUT2D eigenvalue weighted by Gasteiger charge is -2.15. The molecule has 0 spiro atoms. The number of hydrogen-bond donors (Lipinski definition) is 3. The number of aliphatic carboxylic acids is 1. The molecule has 0 fully saturated rings. The van der Waals surface area contributed by atoms with Gasteiger partial charge in [-0.15, -0.1) is 0 Å². The lowest BCUT2D eigenvalue weighted by atomic mass is 10.1. The van der Waals surface area contributed by atoms with Gasteiger partial charge in [-0.1, -0.05) is 19.1 Å². The van der Waals surface area contributed by atoms with E-state index in [4.69, 9.17) is 5.11 Å². The van der Waals surface area contributed by atoms with Gasteiger partial charge < -0.3 is 10.4 Å². The maximum atomic E-state index is 11.7. The van der Waals surface area contributed by atoms with Crippen LogP contribution in [-0.4, -0.2) is 40.8 Å². The minimum absolute atomic E-state index is 0.106. The molecule has 0 aromatic heterocycles. The molecular weight excluding hydrogens is 282 g/mol. The van der Waals surface area contributed by atoms with Gasteiger partial charge >= 0.3 is 5.97 Å². The van der Waals surface area contributed by atoms with Crippen molar-refractivity contribution in [2.45, 2.75) is 32.2 Å². The van der Waals surface area contributed by atoms with Crippen molar-refractivity contribution < 1.29 is 14.7 Å². The van der Waals surface area contributed by atoms with Crippen LogP contribution in [0.3, 0.4) is 0 Å². The van der Waals surface area contributed by atoms with E-state index in [2.05, 4.69) is 17.9 Å². The number of hydrogen-bond acceptors (Lipinski definition) is 4. The number of rotatable bonds is 10. The van der Waals surface area contributed by atoms with Crippen LogP contribution in [-0.2, 0) is 9.59 Å². The molecule has 4 nitrogen and oxygen atoms in total. The van der Waals surface area contributed by atoms with E-state index in [9.17, 15) is 9.59 Å². The summed E-state index contributed by atoms with van der Waals surface area (Å²) >= 11 is 5.66. The summed E-state index contributed by atoms with van der Waals surface area (Å²) in [7, 11) is 0. The van der Waals surface area contributed by atoms with Gasteiger partial charge in [0, 0.05) is 6.42 Å². The number of nitrogens with one attached hydrogen (secondary N) is 1. The van der Waals surface area contributed by atoms with Gasteiger partial charge in [0.2, 0.25) is 5.91 Å². The number of thiol groups is 1. The normalized spacial score (nSPS) is 14.3. The van der Waals surface area contributed by atoms with Crippen molar-refractivity contribution in [3.05, 3.63) is 12.2 Å². The van der Waals surface area contributed by atoms with E-state index in [1.807, 2.05) is 25.3 Å². The van der Waals surface area contributed by atoms with Gasteiger partial charge in [-0.3, -0.25) is 4.79 Å². The van der Waals surface area contributed by atoms with Gasteiger partial charge in [0.05, 0.1) is 0 Å². The Morgan fingerprint density at radius 1 is 1.47 bits per heavy atom. The van der Waals surface area contributed by atoms with Crippen LogP contribution in [0.25, 0.3) is 0 Å². The van der Waals surface area contributed by atoms with E-state index >= 15 is 0 Å².